The minimum atomic E-state index is -0.637. The lowest BCUT2D eigenvalue weighted by atomic mass is 10.1. The second-order valence-corrected chi connectivity index (χ2v) is 10.9. The molecule has 4 rings (SSSR count). The number of amides is 3. The predicted molar refractivity (Wildman–Crippen MR) is 163 cm³/mol. The summed E-state index contributed by atoms with van der Waals surface area (Å²) in [7, 11) is 0. The fourth-order valence-corrected chi connectivity index (χ4v) is 4.86. The third-order valence-electron chi connectivity index (χ3n) is 5.97. The molecule has 4 aromatic carbocycles. The molecule has 3 N–H and O–H groups in total. The van der Waals surface area contributed by atoms with Crippen molar-refractivity contribution >= 4 is 58.5 Å². The highest BCUT2D eigenvalue weighted by Crippen LogP contribution is 2.28. The SMILES string of the molecule is Cc1ccc(Cl)cc1NC(=O)C(C)Sc1cccc(NC(=O)/C(=C/c2ccccc2F)NC(=O)c2ccccc2)c1. The van der Waals surface area contributed by atoms with E-state index in [0.717, 1.165) is 10.5 Å². The zero-order valence-corrected chi connectivity index (χ0v) is 23.9. The van der Waals surface area contributed by atoms with Crippen molar-refractivity contribution in [3.63, 3.8) is 0 Å². The molecule has 1 unspecified atom stereocenters. The van der Waals surface area contributed by atoms with Crippen molar-refractivity contribution in [3.05, 3.63) is 130 Å². The molecule has 0 heterocycles. The molecule has 0 aliphatic rings. The van der Waals surface area contributed by atoms with E-state index in [1.165, 1.54) is 36.0 Å². The molecule has 41 heavy (non-hydrogen) atoms. The van der Waals surface area contributed by atoms with Crippen molar-refractivity contribution in [2.45, 2.75) is 24.0 Å². The van der Waals surface area contributed by atoms with Gasteiger partial charge in [0.15, 0.2) is 0 Å². The van der Waals surface area contributed by atoms with Crippen LogP contribution in [-0.2, 0) is 9.59 Å². The van der Waals surface area contributed by atoms with Crippen molar-refractivity contribution in [1.82, 2.24) is 5.32 Å². The van der Waals surface area contributed by atoms with Crippen LogP contribution in [0.15, 0.2) is 108 Å². The Labute approximate surface area is 247 Å². The van der Waals surface area contributed by atoms with Gasteiger partial charge in [0.25, 0.3) is 11.8 Å². The van der Waals surface area contributed by atoms with E-state index >= 15 is 0 Å². The highest BCUT2D eigenvalue weighted by Gasteiger charge is 2.18. The van der Waals surface area contributed by atoms with E-state index in [4.69, 9.17) is 11.6 Å². The number of carbonyl (C=O) groups excluding carboxylic acids is 3. The lowest BCUT2D eigenvalue weighted by molar-refractivity contribution is -0.115. The lowest BCUT2D eigenvalue weighted by Gasteiger charge is -2.15. The number of anilines is 2. The zero-order valence-electron chi connectivity index (χ0n) is 22.3. The molecule has 1 atom stereocenters. The third-order valence-corrected chi connectivity index (χ3v) is 7.29. The largest absolute Gasteiger partial charge is 0.325 e. The topological polar surface area (TPSA) is 87.3 Å². The van der Waals surface area contributed by atoms with Crippen LogP contribution in [0.25, 0.3) is 6.08 Å². The Morgan fingerprint density at radius 1 is 0.878 bits per heavy atom. The summed E-state index contributed by atoms with van der Waals surface area (Å²) in [5, 5.41) is 8.33. The zero-order chi connectivity index (χ0) is 29.4. The van der Waals surface area contributed by atoms with Gasteiger partial charge >= 0.3 is 0 Å². The molecule has 0 aliphatic heterocycles. The van der Waals surface area contributed by atoms with Crippen molar-refractivity contribution in [1.29, 1.82) is 0 Å². The number of aryl methyl sites for hydroxylation is 1. The maximum Gasteiger partial charge on any atom is 0.272 e. The van der Waals surface area contributed by atoms with Gasteiger partial charge in [-0.2, -0.15) is 0 Å². The van der Waals surface area contributed by atoms with Crippen LogP contribution >= 0.6 is 23.4 Å². The third kappa shape index (κ3) is 8.30. The highest BCUT2D eigenvalue weighted by molar-refractivity contribution is 8.00. The molecule has 3 amide bonds. The van der Waals surface area contributed by atoms with Crippen molar-refractivity contribution in [2.75, 3.05) is 10.6 Å². The van der Waals surface area contributed by atoms with E-state index in [1.54, 1.807) is 73.7 Å². The summed E-state index contributed by atoms with van der Waals surface area (Å²) in [5.41, 5.74) is 2.33. The number of halogens is 2. The number of carbonyl (C=O) groups is 3. The quantitative estimate of drug-likeness (QED) is 0.141. The average Bonchev–Trinajstić information content (AvgIpc) is 2.96. The molecule has 6 nitrogen and oxygen atoms in total. The van der Waals surface area contributed by atoms with Gasteiger partial charge in [-0.3, -0.25) is 14.4 Å². The first-order chi connectivity index (χ1) is 19.7. The summed E-state index contributed by atoms with van der Waals surface area (Å²) in [6, 6.07) is 26.6. The first-order valence-electron chi connectivity index (χ1n) is 12.7. The molecule has 0 spiro atoms. The van der Waals surface area contributed by atoms with Gasteiger partial charge < -0.3 is 16.0 Å². The number of benzene rings is 4. The number of hydrogen-bond donors (Lipinski definition) is 3. The van der Waals surface area contributed by atoms with Gasteiger partial charge in [-0.15, -0.1) is 11.8 Å². The number of nitrogens with one attached hydrogen (secondary N) is 3. The molecular formula is C32H27ClFN3O3S. The maximum absolute atomic E-state index is 14.4. The average molecular weight is 588 g/mol. The predicted octanol–water partition coefficient (Wildman–Crippen LogP) is 7.32. The molecule has 4 aromatic rings. The molecule has 0 radical (unpaired) electrons. The standard InChI is InChI=1S/C32H27ClFN3O3S/c1-20-15-16-24(33)18-28(20)36-30(38)21(2)41-26-13-8-12-25(19-26)35-32(40)29(17-23-11-6-7-14-27(23)34)37-31(39)22-9-4-3-5-10-22/h3-19,21H,1-2H3,(H,35,40)(H,36,38)(H,37,39)/b29-17-. The van der Waals surface area contributed by atoms with Gasteiger partial charge in [-0.05, 0) is 74.0 Å². The summed E-state index contributed by atoms with van der Waals surface area (Å²) < 4.78 is 14.4. The second kappa shape index (κ2) is 13.8. The Balaban J connectivity index is 1.49. The molecule has 0 aromatic heterocycles. The van der Waals surface area contributed by atoms with Gasteiger partial charge in [0.05, 0.1) is 5.25 Å². The van der Waals surface area contributed by atoms with Gasteiger partial charge in [0, 0.05) is 32.4 Å². The van der Waals surface area contributed by atoms with E-state index < -0.39 is 22.9 Å². The van der Waals surface area contributed by atoms with E-state index in [2.05, 4.69) is 16.0 Å². The Morgan fingerprint density at radius 2 is 1.61 bits per heavy atom. The number of thioether (sulfide) groups is 1. The molecular weight excluding hydrogens is 561 g/mol. The van der Waals surface area contributed by atoms with Crippen LogP contribution in [0.5, 0.6) is 0 Å². The summed E-state index contributed by atoms with van der Waals surface area (Å²) in [5.74, 6) is -1.89. The fourth-order valence-electron chi connectivity index (χ4n) is 3.76. The Morgan fingerprint density at radius 3 is 2.37 bits per heavy atom. The van der Waals surface area contributed by atoms with Crippen molar-refractivity contribution in [3.8, 4) is 0 Å². The molecule has 0 saturated carbocycles. The molecule has 0 aliphatic carbocycles. The highest BCUT2D eigenvalue weighted by atomic mass is 35.5. The molecule has 208 valence electrons. The van der Waals surface area contributed by atoms with Gasteiger partial charge in [-0.1, -0.05) is 60.1 Å². The molecule has 0 saturated heterocycles. The van der Waals surface area contributed by atoms with E-state index in [-0.39, 0.29) is 17.2 Å². The van der Waals surface area contributed by atoms with Crippen LogP contribution in [0.2, 0.25) is 5.02 Å². The van der Waals surface area contributed by atoms with Gasteiger partial charge in [0.2, 0.25) is 5.91 Å². The minimum Gasteiger partial charge on any atom is -0.325 e. The van der Waals surface area contributed by atoms with Gasteiger partial charge in [0.1, 0.15) is 11.5 Å². The fraction of sp³-hybridized carbons (Fsp3) is 0.0938. The molecule has 9 heteroatoms. The van der Waals surface area contributed by atoms with Crippen LogP contribution in [0.1, 0.15) is 28.4 Å². The minimum absolute atomic E-state index is 0.133. The van der Waals surface area contributed by atoms with E-state index in [0.29, 0.717) is 22.0 Å². The first-order valence-corrected chi connectivity index (χ1v) is 13.9. The van der Waals surface area contributed by atoms with E-state index in [1.807, 2.05) is 19.1 Å². The normalized spacial score (nSPS) is 11.9. The summed E-state index contributed by atoms with van der Waals surface area (Å²) in [6.07, 6.45) is 1.29. The van der Waals surface area contributed by atoms with E-state index in [9.17, 15) is 18.8 Å². The molecule has 0 bridgehead atoms. The number of rotatable bonds is 9. The number of hydrogen-bond acceptors (Lipinski definition) is 4. The smallest absolute Gasteiger partial charge is 0.272 e. The summed E-state index contributed by atoms with van der Waals surface area (Å²) in [6.45, 7) is 3.66. The Kier molecular flexibility index (Phi) is 9.95. The second-order valence-electron chi connectivity index (χ2n) is 9.09. The van der Waals surface area contributed by atoms with Crippen LogP contribution in [0, 0.1) is 12.7 Å². The van der Waals surface area contributed by atoms with Crippen molar-refractivity contribution in [2.24, 2.45) is 0 Å². The van der Waals surface area contributed by atoms with Crippen molar-refractivity contribution < 1.29 is 18.8 Å². The molecule has 0 fully saturated rings. The summed E-state index contributed by atoms with van der Waals surface area (Å²) in [4.78, 5) is 39.7. The summed E-state index contributed by atoms with van der Waals surface area (Å²) >= 11 is 7.38. The van der Waals surface area contributed by atoms with Crippen LogP contribution in [0.3, 0.4) is 0 Å². The van der Waals surface area contributed by atoms with Gasteiger partial charge in [-0.25, -0.2) is 4.39 Å². The first kappa shape index (κ1) is 29.6. The van der Waals surface area contributed by atoms with Crippen LogP contribution in [0.4, 0.5) is 15.8 Å². The van der Waals surface area contributed by atoms with Crippen LogP contribution < -0.4 is 16.0 Å². The Hall–Kier alpha value is -4.40. The van der Waals surface area contributed by atoms with Crippen LogP contribution in [-0.4, -0.2) is 23.0 Å². The monoisotopic (exact) mass is 587 g/mol. The maximum atomic E-state index is 14.4. The lowest BCUT2D eigenvalue weighted by Crippen LogP contribution is -2.30. The Bertz CT molecular complexity index is 1610.